The lowest BCUT2D eigenvalue weighted by Crippen LogP contribution is -2.42. The van der Waals surface area contributed by atoms with Crippen LogP contribution in [0, 0.1) is 11.3 Å². The van der Waals surface area contributed by atoms with Gasteiger partial charge in [0.2, 0.25) is 11.9 Å². The lowest BCUT2D eigenvalue weighted by Gasteiger charge is -2.20. The fraction of sp³-hybridized carbons (Fsp3) is 0.387. The maximum absolute atomic E-state index is 12.0. The highest BCUT2D eigenvalue weighted by Crippen LogP contribution is 2.35. The minimum Gasteiger partial charge on any atom is -0.388 e. The fourth-order valence-electron chi connectivity index (χ4n) is 5.94. The van der Waals surface area contributed by atoms with Crippen molar-refractivity contribution in [3.8, 4) is 17.2 Å². The lowest BCUT2D eigenvalue weighted by molar-refractivity contribution is -0.122. The van der Waals surface area contributed by atoms with Gasteiger partial charge in [0.25, 0.3) is 0 Å². The summed E-state index contributed by atoms with van der Waals surface area (Å²) < 4.78 is 1.77. The Morgan fingerprint density at radius 1 is 1.14 bits per heavy atom. The predicted octanol–water partition coefficient (Wildman–Crippen LogP) is 2.08. The van der Waals surface area contributed by atoms with E-state index >= 15 is 0 Å². The third-order valence-corrected chi connectivity index (χ3v) is 8.37. The molecular weight excluding hydrogens is 546 g/mol. The molecule has 1 saturated heterocycles. The number of carbonyl (C=O) groups is 1. The number of aliphatic hydroxyl groups is 2. The highest BCUT2D eigenvalue weighted by Gasteiger charge is 2.43. The SMILES string of the molecule is CCC(=O)N[C@H]1C[C@@H](n2cnc3c(NCc4ccc(-c5ccccc5C#N)cc4)nc(N4CC[C@@H](N)C4)nc32)[C@H](O)[C@@H]1O. The number of imidazole rings is 1. The van der Waals surface area contributed by atoms with Gasteiger partial charge in [-0.1, -0.05) is 49.4 Å². The van der Waals surface area contributed by atoms with Crippen LogP contribution >= 0.6 is 0 Å². The summed E-state index contributed by atoms with van der Waals surface area (Å²) in [6.07, 6.45) is 0.832. The zero-order valence-corrected chi connectivity index (χ0v) is 23.9. The number of carbonyl (C=O) groups excluding carboxylic acids is 1. The first-order chi connectivity index (χ1) is 20.9. The maximum Gasteiger partial charge on any atom is 0.229 e. The van der Waals surface area contributed by atoms with Gasteiger partial charge in [-0.15, -0.1) is 0 Å². The van der Waals surface area contributed by atoms with Crippen molar-refractivity contribution >= 4 is 28.8 Å². The summed E-state index contributed by atoms with van der Waals surface area (Å²) in [5.74, 6) is 0.871. The molecule has 1 aliphatic heterocycles. The van der Waals surface area contributed by atoms with E-state index in [1.165, 1.54) is 0 Å². The molecule has 4 aromatic rings. The van der Waals surface area contributed by atoms with Crippen LogP contribution in [-0.4, -0.2) is 73.0 Å². The number of amides is 1. The van der Waals surface area contributed by atoms with Crippen LogP contribution in [0.5, 0.6) is 0 Å². The van der Waals surface area contributed by atoms with Gasteiger partial charge in [-0.3, -0.25) is 4.79 Å². The highest BCUT2D eigenvalue weighted by atomic mass is 16.3. The van der Waals surface area contributed by atoms with E-state index in [0.29, 0.717) is 48.0 Å². The fourth-order valence-corrected chi connectivity index (χ4v) is 5.94. The van der Waals surface area contributed by atoms with Crippen molar-refractivity contribution < 1.29 is 15.0 Å². The number of nitrogens with one attached hydrogen (secondary N) is 2. The molecule has 2 aliphatic rings. The van der Waals surface area contributed by atoms with E-state index < -0.39 is 24.3 Å². The van der Waals surface area contributed by atoms with E-state index in [9.17, 15) is 20.3 Å². The molecule has 1 amide bonds. The number of nitriles is 1. The van der Waals surface area contributed by atoms with E-state index in [1.54, 1.807) is 17.8 Å². The normalized spacial score (nSPS) is 23.4. The number of nitrogens with two attached hydrogens (primary N) is 1. The standard InChI is InChI=1S/C31H35N9O3/c1-2-25(41)36-23-13-24(28(43)27(23)42)40-17-35-26-29(37-31(38-30(26)40)39-12-11-21(33)16-39)34-15-18-7-9-19(10-8-18)22-6-4-3-5-20(22)14-32/h3-10,17,21,23-24,27-28,42-43H,2,11-13,15-16,33H2,1H3,(H,36,41)(H,34,37,38)/t21-,23+,24-,27-,28+/m1/s1. The number of anilines is 2. The molecule has 0 bridgehead atoms. The Labute approximate surface area is 249 Å². The third kappa shape index (κ3) is 5.62. The number of nitrogens with zero attached hydrogens (tertiary/aromatic N) is 6. The van der Waals surface area contributed by atoms with Gasteiger partial charge in [0.1, 0.15) is 12.2 Å². The van der Waals surface area contributed by atoms with Gasteiger partial charge in [0.15, 0.2) is 17.0 Å². The first-order valence-corrected chi connectivity index (χ1v) is 14.6. The van der Waals surface area contributed by atoms with Crippen molar-refractivity contribution in [2.24, 2.45) is 5.73 Å². The quantitative estimate of drug-likeness (QED) is 0.207. The number of rotatable bonds is 8. The summed E-state index contributed by atoms with van der Waals surface area (Å²) in [6, 6.07) is 16.7. The Hall–Kier alpha value is -4.57. The Kier molecular flexibility index (Phi) is 7.94. The van der Waals surface area contributed by atoms with Gasteiger partial charge in [-0.2, -0.15) is 15.2 Å². The molecule has 1 saturated carbocycles. The Morgan fingerprint density at radius 2 is 1.93 bits per heavy atom. The van der Waals surface area contributed by atoms with Crippen LogP contribution < -0.4 is 21.3 Å². The van der Waals surface area contributed by atoms with Gasteiger partial charge >= 0.3 is 0 Å². The zero-order chi connectivity index (χ0) is 30.1. The molecule has 0 spiro atoms. The molecule has 2 aromatic heterocycles. The number of aromatic nitrogens is 4. The largest absolute Gasteiger partial charge is 0.388 e. The average Bonchev–Trinajstić information content (AvgIpc) is 3.74. The Balaban J connectivity index is 1.29. The van der Waals surface area contributed by atoms with Crippen LogP contribution in [0.2, 0.25) is 0 Å². The highest BCUT2D eigenvalue weighted by molar-refractivity contribution is 5.84. The van der Waals surface area contributed by atoms with Crippen molar-refractivity contribution in [3.63, 3.8) is 0 Å². The van der Waals surface area contributed by atoms with Crippen LogP contribution in [0.15, 0.2) is 54.9 Å². The summed E-state index contributed by atoms with van der Waals surface area (Å²) in [6.45, 7) is 3.56. The van der Waals surface area contributed by atoms with Gasteiger partial charge in [-0.25, -0.2) is 4.98 Å². The minimum atomic E-state index is -1.11. The second kappa shape index (κ2) is 12.0. The van der Waals surface area contributed by atoms with E-state index in [1.807, 2.05) is 53.4 Å². The number of benzene rings is 2. The number of hydrogen-bond acceptors (Lipinski definition) is 10. The monoisotopic (exact) mass is 581 g/mol. The summed E-state index contributed by atoms with van der Waals surface area (Å²) in [7, 11) is 0. The number of aliphatic hydroxyl groups excluding tert-OH is 2. The van der Waals surface area contributed by atoms with Crippen LogP contribution in [0.3, 0.4) is 0 Å². The van der Waals surface area contributed by atoms with Crippen LogP contribution in [0.25, 0.3) is 22.3 Å². The second-order valence-corrected chi connectivity index (χ2v) is 11.2. The Morgan fingerprint density at radius 3 is 2.65 bits per heavy atom. The van der Waals surface area contributed by atoms with Crippen molar-refractivity contribution in [2.75, 3.05) is 23.3 Å². The van der Waals surface area contributed by atoms with Crippen molar-refractivity contribution in [3.05, 3.63) is 66.0 Å². The molecule has 5 atom stereocenters. The first kappa shape index (κ1) is 28.5. The molecule has 6 rings (SSSR count). The molecule has 12 heteroatoms. The molecule has 12 nitrogen and oxygen atoms in total. The summed E-state index contributed by atoms with van der Waals surface area (Å²) in [4.78, 5) is 28.3. The van der Waals surface area contributed by atoms with Crippen molar-refractivity contribution in [1.82, 2.24) is 24.8 Å². The zero-order valence-electron chi connectivity index (χ0n) is 23.9. The Bertz CT molecular complexity index is 1670. The summed E-state index contributed by atoms with van der Waals surface area (Å²) in [5.41, 5.74) is 10.7. The van der Waals surface area contributed by atoms with Crippen LogP contribution in [0.1, 0.15) is 43.4 Å². The summed E-state index contributed by atoms with van der Waals surface area (Å²) in [5, 5.41) is 37.4. The van der Waals surface area contributed by atoms with Crippen molar-refractivity contribution in [2.45, 2.75) is 63.1 Å². The van der Waals surface area contributed by atoms with E-state index in [4.69, 9.17) is 15.7 Å². The van der Waals surface area contributed by atoms with Crippen LogP contribution in [-0.2, 0) is 11.3 Å². The molecular formula is C31H35N9O3. The molecule has 1 aliphatic carbocycles. The predicted molar refractivity (Wildman–Crippen MR) is 162 cm³/mol. The minimum absolute atomic E-state index is 0.0278. The third-order valence-electron chi connectivity index (χ3n) is 8.37. The topological polar surface area (TPSA) is 178 Å². The van der Waals surface area contributed by atoms with Crippen LogP contribution in [0.4, 0.5) is 11.8 Å². The number of fused-ring (bicyclic) bond motifs is 1. The van der Waals surface area contributed by atoms with E-state index in [2.05, 4.69) is 21.7 Å². The average molecular weight is 582 g/mol. The van der Waals surface area contributed by atoms with Crippen molar-refractivity contribution in [1.29, 1.82) is 5.26 Å². The molecule has 222 valence electrons. The second-order valence-electron chi connectivity index (χ2n) is 11.2. The molecule has 6 N–H and O–H groups in total. The lowest BCUT2D eigenvalue weighted by atomic mass is 9.99. The first-order valence-electron chi connectivity index (χ1n) is 14.6. The molecule has 3 heterocycles. The molecule has 2 fully saturated rings. The number of hydrogen-bond donors (Lipinski definition) is 5. The molecule has 0 unspecified atom stereocenters. The van der Waals surface area contributed by atoms with Gasteiger partial charge in [0, 0.05) is 32.1 Å². The van der Waals surface area contributed by atoms with Gasteiger partial charge < -0.3 is 36.0 Å². The smallest absolute Gasteiger partial charge is 0.229 e. The van der Waals surface area contributed by atoms with E-state index in [0.717, 1.165) is 29.7 Å². The molecule has 2 aromatic carbocycles. The maximum atomic E-state index is 12.0. The van der Waals surface area contributed by atoms with E-state index in [-0.39, 0.29) is 18.4 Å². The molecule has 43 heavy (non-hydrogen) atoms. The summed E-state index contributed by atoms with van der Waals surface area (Å²) >= 11 is 0. The van der Waals surface area contributed by atoms with Gasteiger partial charge in [-0.05, 0) is 35.6 Å². The van der Waals surface area contributed by atoms with Gasteiger partial charge in [0.05, 0.1) is 30.0 Å². The molecule has 0 radical (unpaired) electrons.